The van der Waals surface area contributed by atoms with Crippen LogP contribution in [-0.4, -0.2) is 59.7 Å². The van der Waals surface area contributed by atoms with Gasteiger partial charge in [-0.05, 0) is 59.8 Å². The molecule has 3 aromatic rings. The lowest BCUT2D eigenvalue weighted by atomic mass is 9.95. The average Bonchev–Trinajstić information content (AvgIpc) is 3.40. The highest BCUT2D eigenvalue weighted by Crippen LogP contribution is 2.47. The molecule has 0 aliphatic carbocycles. The molecule has 1 amide bonds. The summed E-state index contributed by atoms with van der Waals surface area (Å²) in [6.45, 7) is 7.01. The van der Waals surface area contributed by atoms with E-state index in [0.717, 1.165) is 38.9 Å². The van der Waals surface area contributed by atoms with Crippen LogP contribution in [0.15, 0.2) is 60.7 Å². The van der Waals surface area contributed by atoms with Gasteiger partial charge in [-0.15, -0.1) is 11.3 Å². The second kappa shape index (κ2) is 12.0. The quantitative estimate of drug-likeness (QED) is 0.199. The molecule has 0 saturated carbocycles. The molecule has 214 valence electrons. The average molecular weight is 598 g/mol. The summed E-state index contributed by atoms with van der Waals surface area (Å²) in [5.41, 5.74) is 3.66. The molecule has 4 rings (SSSR count). The maximum Gasteiger partial charge on any atom is 0.307 e. The number of hydrogen-bond donors (Lipinski definition) is 0. The fourth-order valence-corrected chi connectivity index (χ4v) is 9.49. The number of thiophene rings is 1. The number of carbonyl (C=O) groups is 2. The minimum Gasteiger partial charge on any atom is -0.466 e. The van der Waals surface area contributed by atoms with Crippen LogP contribution in [0.25, 0.3) is 21.6 Å². The van der Waals surface area contributed by atoms with Crippen molar-refractivity contribution in [3.05, 3.63) is 71.1 Å². The molecule has 1 aromatic heterocycles. The topological polar surface area (TPSA) is 80.8 Å². The fraction of sp³-hybridized carbons (Fsp3) is 0.419. The Balaban J connectivity index is 1.55. The van der Waals surface area contributed by atoms with E-state index in [1.54, 1.807) is 19.0 Å². The van der Waals surface area contributed by atoms with Crippen LogP contribution in [0.1, 0.15) is 40.9 Å². The van der Waals surface area contributed by atoms with E-state index >= 15 is 0 Å². The molecule has 1 fully saturated rings. The monoisotopic (exact) mass is 597 g/mol. The van der Waals surface area contributed by atoms with Crippen LogP contribution in [0.2, 0.25) is 25.7 Å². The van der Waals surface area contributed by atoms with E-state index in [0.29, 0.717) is 25.0 Å². The summed E-state index contributed by atoms with van der Waals surface area (Å²) in [6, 6.07) is 20.3. The number of amides is 1. The van der Waals surface area contributed by atoms with Crippen LogP contribution < -0.4 is 0 Å². The van der Waals surface area contributed by atoms with Crippen molar-refractivity contribution in [2.45, 2.75) is 56.1 Å². The number of hydrogen-bond acceptors (Lipinski definition) is 6. The molecule has 2 aromatic carbocycles. The molecule has 0 unspecified atom stereocenters. The summed E-state index contributed by atoms with van der Waals surface area (Å²) < 4.78 is 31.3. The number of rotatable bonds is 9. The van der Waals surface area contributed by atoms with Gasteiger partial charge in [-0.3, -0.25) is 9.59 Å². The molecule has 1 atom stereocenters. The number of carbonyl (C=O) groups excluding carboxylic acids is 2. The van der Waals surface area contributed by atoms with Gasteiger partial charge in [0.2, 0.25) is 0 Å². The van der Waals surface area contributed by atoms with Crippen LogP contribution in [0.4, 0.5) is 0 Å². The van der Waals surface area contributed by atoms with Crippen molar-refractivity contribution >= 4 is 41.1 Å². The maximum atomic E-state index is 13.5. The van der Waals surface area contributed by atoms with E-state index in [1.165, 1.54) is 11.3 Å². The molecule has 40 heavy (non-hydrogen) atoms. The van der Waals surface area contributed by atoms with Gasteiger partial charge in [-0.25, -0.2) is 8.42 Å². The predicted octanol–water partition coefficient (Wildman–Crippen LogP) is 6.85. The second-order valence-corrected chi connectivity index (χ2v) is 21.1. The first-order chi connectivity index (χ1) is 18.8. The molecule has 6 nitrogen and oxygen atoms in total. The fourth-order valence-electron chi connectivity index (χ4n) is 5.00. The van der Waals surface area contributed by atoms with Gasteiger partial charge in [0.1, 0.15) is 4.75 Å². The van der Waals surface area contributed by atoms with E-state index in [4.69, 9.17) is 4.74 Å². The highest BCUT2D eigenvalue weighted by atomic mass is 32.2. The molecule has 1 aliphatic rings. The Morgan fingerprint density at radius 3 is 2.08 bits per heavy atom. The number of esters is 1. The Bertz CT molecular complexity index is 1450. The first-order valence-electron chi connectivity index (χ1n) is 13.7. The molecular formula is C31H39NO5S2Si. The van der Waals surface area contributed by atoms with Crippen LogP contribution >= 0.6 is 11.3 Å². The molecule has 0 bridgehead atoms. The predicted molar refractivity (Wildman–Crippen MR) is 166 cm³/mol. The molecule has 1 saturated heterocycles. The van der Waals surface area contributed by atoms with Crippen molar-refractivity contribution in [1.82, 2.24) is 4.90 Å². The Kier molecular flexibility index (Phi) is 9.07. The van der Waals surface area contributed by atoms with Crippen LogP contribution in [-0.2, 0) is 24.1 Å². The smallest absolute Gasteiger partial charge is 0.307 e. The summed E-state index contributed by atoms with van der Waals surface area (Å²) in [5, 5.41) is 0. The molecule has 1 aliphatic heterocycles. The van der Waals surface area contributed by atoms with E-state index in [9.17, 15) is 18.0 Å². The molecule has 0 radical (unpaired) electrons. The van der Waals surface area contributed by atoms with Crippen LogP contribution in [0.5, 0.6) is 0 Å². The van der Waals surface area contributed by atoms with Gasteiger partial charge >= 0.3 is 5.97 Å². The Morgan fingerprint density at radius 2 is 1.50 bits per heavy atom. The minimum absolute atomic E-state index is 0.0343. The lowest BCUT2D eigenvalue weighted by Gasteiger charge is -2.35. The van der Waals surface area contributed by atoms with Gasteiger partial charge in [0.25, 0.3) is 5.91 Å². The van der Waals surface area contributed by atoms with E-state index in [-0.39, 0.29) is 18.1 Å². The first kappa shape index (κ1) is 30.2. The highest BCUT2D eigenvalue weighted by Gasteiger charge is 2.49. The van der Waals surface area contributed by atoms with Gasteiger partial charge in [-0.2, -0.15) is 0 Å². The number of sulfone groups is 1. The van der Waals surface area contributed by atoms with Crippen molar-refractivity contribution in [1.29, 1.82) is 0 Å². The largest absolute Gasteiger partial charge is 0.466 e. The van der Waals surface area contributed by atoms with E-state index in [1.807, 2.05) is 60.7 Å². The summed E-state index contributed by atoms with van der Waals surface area (Å²) >= 11 is 1.45. The van der Waals surface area contributed by atoms with Gasteiger partial charge in [-0.1, -0.05) is 62.5 Å². The SMILES string of the molecule is CN(C)C(=O)c1ccc(-c2ccc(-c3ccc([C@@]4(CC(=O)OCC[Si](C)(C)C)CCCCS4(=O)=O)s3)cc2)cc1. The number of ether oxygens (including phenoxy) is 1. The molecule has 0 N–H and O–H groups in total. The zero-order valence-corrected chi connectivity index (χ0v) is 26.7. The summed E-state index contributed by atoms with van der Waals surface area (Å²) in [4.78, 5) is 28.3. The van der Waals surface area contributed by atoms with Crippen molar-refractivity contribution in [2.24, 2.45) is 0 Å². The highest BCUT2D eigenvalue weighted by molar-refractivity contribution is 7.92. The van der Waals surface area contributed by atoms with Crippen molar-refractivity contribution in [3.63, 3.8) is 0 Å². The number of benzene rings is 2. The summed E-state index contributed by atoms with van der Waals surface area (Å²) in [7, 11) is -1.42. The zero-order valence-electron chi connectivity index (χ0n) is 24.0. The third-order valence-corrected chi connectivity index (χ3v) is 13.2. The van der Waals surface area contributed by atoms with Crippen LogP contribution in [0, 0.1) is 0 Å². The third kappa shape index (κ3) is 6.75. The molecule has 0 spiro atoms. The molecule has 9 heteroatoms. The second-order valence-electron chi connectivity index (χ2n) is 12.0. The summed E-state index contributed by atoms with van der Waals surface area (Å²) in [6.07, 6.45) is 1.69. The maximum absolute atomic E-state index is 13.5. The third-order valence-electron chi connectivity index (χ3n) is 7.48. The normalized spacial score (nSPS) is 18.7. The van der Waals surface area contributed by atoms with Gasteiger partial charge < -0.3 is 9.64 Å². The van der Waals surface area contributed by atoms with Gasteiger partial charge in [0.05, 0.1) is 18.8 Å². The molecule has 2 heterocycles. The van der Waals surface area contributed by atoms with E-state index in [2.05, 4.69) is 19.6 Å². The Morgan fingerprint density at radius 1 is 0.900 bits per heavy atom. The van der Waals surface area contributed by atoms with Crippen molar-refractivity contribution in [2.75, 3.05) is 26.5 Å². The Labute approximate surface area is 243 Å². The standard InChI is InChI=1S/C31H39NO5S2Si/c1-32(2)30(34)26-14-10-24(11-15-26)23-8-12-25(13-9-23)27-16-17-28(38-27)31(18-6-7-20-39(31,35)36)22-29(33)37-19-21-40(3,4)5/h8-17H,6-7,18-22H2,1-5H3/t31-/m0/s1. The molecular weight excluding hydrogens is 559 g/mol. The van der Waals surface area contributed by atoms with Gasteiger partial charge in [0, 0.05) is 37.5 Å². The lowest BCUT2D eigenvalue weighted by molar-refractivity contribution is -0.144. The number of nitrogens with zero attached hydrogens (tertiary/aromatic N) is 1. The van der Waals surface area contributed by atoms with Gasteiger partial charge in [0.15, 0.2) is 9.84 Å². The Hall–Kier alpha value is -2.75. The van der Waals surface area contributed by atoms with Crippen molar-refractivity contribution in [3.8, 4) is 21.6 Å². The van der Waals surface area contributed by atoms with Crippen LogP contribution in [0.3, 0.4) is 0 Å². The lowest BCUT2D eigenvalue weighted by Crippen LogP contribution is -2.42. The minimum atomic E-state index is -3.52. The summed E-state index contributed by atoms with van der Waals surface area (Å²) in [5.74, 6) is -0.370. The van der Waals surface area contributed by atoms with Crippen molar-refractivity contribution < 1.29 is 22.7 Å². The van der Waals surface area contributed by atoms with E-state index < -0.39 is 28.6 Å². The first-order valence-corrected chi connectivity index (χ1v) is 19.9. The zero-order chi connectivity index (χ0) is 29.1.